The smallest absolute Gasteiger partial charge is 0.399 e. The van der Waals surface area contributed by atoms with E-state index in [9.17, 15) is 26.7 Å². The summed E-state index contributed by atoms with van der Waals surface area (Å²) >= 11 is 0. The number of aryl methyl sites for hydroxylation is 2. The maximum absolute atomic E-state index is 14.2. The van der Waals surface area contributed by atoms with Gasteiger partial charge in [-0.15, -0.1) is 5.10 Å². The molecular weight excluding hydrogens is 537 g/mol. The number of halogens is 3. The van der Waals surface area contributed by atoms with Gasteiger partial charge < -0.3 is 9.84 Å². The number of ether oxygens (including phenoxy) is 1. The fraction of sp³-hybridized carbons (Fsp3) is 0.600. The fourth-order valence-corrected chi connectivity index (χ4v) is 6.96. The predicted octanol–water partition coefficient (Wildman–Crippen LogP) is 3.37. The quantitative estimate of drug-likeness (QED) is 0.517. The molecule has 216 valence electrons. The molecule has 2 aliphatic heterocycles. The van der Waals surface area contributed by atoms with Crippen LogP contribution in [0.5, 0.6) is 5.88 Å². The molecule has 2 unspecified atom stereocenters. The number of likely N-dealkylation sites (tertiary alicyclic amines) is 1. The molecule has 0 saturated carbocycles. The number of rotatable bonds is 8. The topological polar surface area (TPSA) is 106 Å². The van der Waals surface area contributed by atoms with Crippen LogP contribution in [0.3, 0.4) is 0 Å². The normalized spacial score (nSPS) is 23.6. The predicted molar refractivity (Wildman–Crippen MR) is 138 cm³/mol. The van der Waals surface area contributed by atoms with E-state index in [1.165, 1.54) is 32.1 Å². The highest BCUT2D eigenvalue weighted by atomic mass is 32.2. The molecular formula is C25H35F3N6O4S. The van der Waals surface area contributed by atoms with Crippen LogP contribution < -0.4 is 4.74 Å². The van der Waals surface area contributed by atoms with Gasteiger partial charge in [-0.3, -0.25) is 9.58 Å². The van der Waals surface area contributed by atoms with Crippen LogP contribution in [0.2, 0.25) is 0 Å². The van der Waals surface area contributed by atoms with Crippen LogP contribution in [0, 0.1) is 18.3 Å². The van der Waals surface area contributed by atoms with Gasteiger partial charge in [-0.05, 0) is 52.2 Å². The second kappa shape index (κ2) is 9.97. The zero-order chi connectivity index (χ0) is 29.0. The van der Waals surface area contributed by atoms with Crippen molar-refractivity contribution in [2.75, 3.05) is 19.8 Å². The summed E-state index contributed by atoms with van der Waals surface area (Å²) in [6, 6.07) is 1.35. The van der Waals surface area contributed by atoms with Crippen molar-refractivity contribution >= 4 is 15.8 Å². The number of allylic oxidation sites excluding steroid dienone is 2. The third kappa shape index (κ3) is 5.33. The zero-order valence-electron chi connectivity index (χ0n) is 22.8. The standard InChI is InChI=1S/C25H35F3N6O4S/c1-17-12-23(3,4)32(13-17)21-8-7-9-22(34(21)39(36,37)19-14-31(6)29-18(19)2)33-11-10-20(30-33)38-16-24(5,15-35)25(26,27)28/h7-11,14,17,21,35H,12-13,15-16H2,1-6H3/t17-,21?,24?/m0/s1. The number of alkyl halides is 3. The van der Waals surface area contributed by atoms with Gasteiger partial charge in [0.15, 0.2) is 0 Å². The van der Waals surface area contributed by atoms with Crippen LogP contribution in [-0.2, 0) is 17.1 Å². The van der Waals surface area contributed by atoms with Gasteiger partial charge in [0.1, 0.15) is 28.9 Å². The number of aliphatic hydroxyl groups excluding tert-OH is 1. The van der Waals surface area contributed by atoms with Gasteiger partial charge in [-0.1, -0.05) is 13.0 Å². The Morgan fingerprint density at radius 2 is 1.95 bits per heavy atom. The maximum Gasteiger partial charge on any atom is 0.399 e. The molecule has 0 aliphatic carbocycles. The summed E-state index contributed by atoms with van der Waals surface area (Å²) in [7, 11) is -2.53. The zero-order valence-corrected chi connectivity index (χ0v) is 23.7. The third-order valence-electron chi connectivity index (χ3n) is 7.32. The lowest BCUT2D eigenvalue weighted by Crippen LogP contribution is -2.55. The summed E-state index contributed by atoms with van der Waals surface area (Å²) in [5, 5.41) is 17.8. The summed E-state index contributed by atoms with van der Waals surface area (Å²) < 4.78 is 77.9. The van der Waals surface area contributed by atoms with Crippen LogP contribution in [0.4, 0.5) is 13.2 Å². The highest BCUT2D eigenvalue weighted by molar-refractivity contribution is 7.89. The maximum atomic E-state index is 14.2. The molecule has 0 spiro atoms. The summed E-state index contributed by atoms with van der Waals surface area (Å²) in [5.74, 6) is 0.374. The van der Waals surface area contributed by atoms with E-state index in [0.29, 0.717) is 18.2 Å². The Labute approximate surface area is 226 Å². The van der Waals surface area contributed by atoms with E-state index in [-0.39, 0.29) is 22.1 Å². The molecule has 2 aliphatic rings. The lowest BCUT2D eigenvalue weighted by Gasteiger charge is -2.44. The molecule has 10 nitrogen and oxygen atoms in total. The molecule has 4 heterocycles. The Hall–Kier alpha value is -2.84. The van der Waals surface area contributed by atoms with Crippen LogP contribution in [0.1, 0.15) is 39.8 Å². The summed E-state index contributed by atoms with van der Waals surface area (Å²) in [6.07, 6.45) is 3.50. The molecule has 0 radical (unpaired) electrons. The summed E-state index contributed by atoms with van der Waals surface area (Å²) in [5.41, 5.74) is -2.46. The van der Waals surface area contributed by atoms with Crippen molar-refractivity contribution in [3.05, 3.63) is 42.4 Å². The second-order valence-electron chi connectivity index (χ2n) is 11.3. The first-order chi connectivity index (χ1) is 18.0. The van der Waals surface area contributed by atoms with E-state index in [1.54, 1.807) is 26.1 Å². The average Bonchev–Trinajstić information content (AvgIpc) is 3.52. The van der Waals surface area contributed by atoms with Crippen molar-refractivity contribution in [3.8, 4) is 5.88 Å². The summed E-state index contributed by atoms with van der Waals surface area (Å²) in [6.45, 7) is 7.38. The third-order valence-corrected chi connectivity index (χ3v) is 9.20. The fourth-order valence-electron chi connectivity index (χ4n) is 5.18. The number of hydrogen-bond acceptors (Lipinski definition) is 7. The molecule has 2 aromatic heterocycles. The SMILES string of the molecule is Cc1nn(C)cc1S(=O)(=O)N1C(n2ccc(OCC(C)(CO)C(F)(F)F)n2)=CC=CC1N1C[C@@H](C)CC1(C)C. The van der Waals surface area contributed by atoms with Crippen LogP contribution >= 0.6 is 0 Å². The van der Waals surface area contributed by atoms with Gasteiger partial charge >= 0.3 is 6.18 Å². The molecule has 2 aromatic rings. The number of sulfonamides is 1. The van der Waals surface area contributed by atoms with Crippen molar-refractivity contribution in [3.63, 3.8) is 0 Å². The van der Waals surface area contributed by atoms with Gasteiger partial charge in [-0.2, -0.15) is 18.3 Å². The molecule has 0 aromatic carbocycles. The van der Waals surface area contributed by atoms with Gasteiger partial charge in [0, 0.05) is 37.6 Å². The lowest BCUT2D eigenvalue weighted by molar-refractivity contribution is -0.237. The molecule has 39 heavy (non-hydrogen) atoms. The Kier molecular flexibility index (Phi) is 7.45. The minimum absolute atomic E-state index is 0.0359. The first-order valence-electron chi connectivity index (χ1n) is 12.6. The Balaban J connectivity index is 1.74. The molecule has 0 bridgehead atoms. The molecule has 1 N–H and O–H groups in total. The lowest BCUT2D eigenvalue weighted by atomic mass is 9.92. The van der Waals surface area contributed by atoms with Gasteiger partial charge in [0.25, 0.3) is 10.0 Å². The average molecular weight is 573 g/mol. The molecule has 3 atom stereocenters. The van der Waals surface area contributed by atoms with Gasteiger partial charge in [0.2, 0.25) is 5.88 Å². The van der Waals surface area contributed by atoms with Crippen LogP contribution in [-0.4, -0.2) is 79.9 Å². The number of aliphatic hydroxyl groups is 1. The van der Waals surface area contributed by atoms with E-state index in [1.807, 2.05) is 6.08 Å². The minimum Gasteiger partial charge on any atom is -0.476 e. The van der Waals surface area contributed by atoms with Crippen molar-refractivity contribution in [1.82, 2.24) is 28.8 Å². The molecule has 1 saturated heterocycles. The van der Waals surface area contributed by atoms with E-state index < -0.39 is 41.0 Å². The molecule has 14 heteroatoms. The monoisotopic (exact) mass is 572 g/mol. The summed E-state index contributed by atoms with van der Waals surface area (Å²) in [4.78, 5) is 2.16. The minimum atomic E-state index is -4.69. The number of aromatic nitrogens is 4. The van der Waals surface area contributed by atoms with E-state index >= 15 is 0 Å². The molecule has 0 amide bonds. The second-order valence-corrected chi connectivity index (χ2v) is 13.0. The van der Waals surface area contributed by atoms with E-state index in [2.05, 4.69) is 35.9 Å². The van der Waals surface area contributed by atoms with Crippen molar-refractivity contribution in [2.24, 2.45) is 18.4 Å². The van der Waals surface area contributed by atoms with Crippen LogP contribution in [0.25, 0.3) is 5.82 Å². The largest absolute Gasteiger partial charge is 0.476 e. The van der Waals surface area contributed by atoms with Crippen molar-refractivity contribution < 1.29 is 31.4 Å². The van der Waals surface area contributed by atoms with Gasteiger partial charge in [0.05, 0.1) is 12.3 Å². The van der Waals surface area contributed by atoms with Crippen molar-refractivity contribution in [1.29, 1.82) is 0 Å². The van der Waals surface area contributed by atoms with Crippen molar-refractivity contribution in [2.45, 2.75) is 63.8 Å². The first kappa shape index (κ1) is 29.2. The number of nitrogens with zero attached hydrogens (tertiary/aromatic N) is 6. The highest BCUT2D eigenvalue weighted by Gasteiger charge is 2.52. The molecule has 1 fully saturated rings. The number of hydrogen-bond donors (Lipinski definition) is 1. The first-order valence-corrected chi connectivity index (χ1v) is 14.0. The molecule has 4 rings (SSSR count). The van der Waals surface area contributed by atoms with Gasteiger partial charge in [-0.25, -0.2) is 17.4 Å². The Bertz CT molecular complexity index is 1380. The Morgan fingerprint density at radius 3 is 2.49 bits per heavy atom. The highest BCUT2D eigenvalue weighted by Crippen LogP contribution is 2.41. The van der Waals surface area contributed by atoms with E-state index in [0.717, 1.165) is 13.3 Å². The Morgan fingerprint density at radius 1 is 1.26 bits per heavy atom. The van der Waals surface area contributed by atoms with E-state index in [4.69, 9.17) is 4.74 Å². The van der Waals surface area contributed by atoms with Crippen LogP contribution in [0.15, 0.2) is 41.6 Å².